The summed E-state index contributed by atoms with van der Waals surface area (Å²) in [5.74, 6) is 1.47. The molecule has 2 aromatic carbocycles. The SMILES string of the molecule is C[C@@H]1CCCCN1Cc1c(O)ccc2c(=O)c(-c3ccc4c(c3)OCCO4)coc12. The Morgan fingerprint density at radius 2 is 1.93 bits per heavy atom. The second-order valence-corrected chi connectivity index (χ2v) is 8.09. The molecule has 6 heteroatoms. The molecule has 0 amide bonds. The van der Waals surface area contributed by atoms with Crippen LogP contribution in [-0.4, -0.2) is 35.8 Å². The van der Waals surface area contributed by atoms with E-state index in [2.05, 4.69) is 11.8 Å². The van der Waals surface area contributed by atoms with Gasteiger partial charge in [0.05, 0.1) is 16.5 Å². The molecule has 2 aliphatic heterocycles. The van der Waals surface area contributed by atoms with E-state index >= 15 is 0 Å². The molecule has 1 fully saturated rings. The number of benzene rings is 2. The summed E-state index contributed by atoms with van der Waals surface area (Å²) in [6.45, 7) is 4.76. The van der Waals surface area contributed by atoms with E-state index in [9.17, 15) is 9.90 Å². The molecular formula is C24H25NO5. The number of aromatic hydroxyl groups is 1. The Labute approximate surface area is 174 Å². The first kappa shape index (κ1) is 19.0. The third kappa shape index (κ3) is 3.31. The Morgan fingerprint density at radius 3 is 2.77 bits per heavy atom. The van der Waals surface area contributed by atoms with Crippen molar-refractivity contribution in [3.8, 4) is 28.4 Å². The zero-order valence-corrected chi connectivity index (χ0v) is 17.0. The number of hydrogen-bond donors (Lipinski definition) is 1. The molecule has 1 aromatic heterocycles. The van der Waals surface area contributed by atoms with Crippen LogP contribution < -0.4 is 14.9 Å². The van der Waals surface area contributed by atoms with Crippen molar-refractivity contribution in [3.63, 3.8) is 0 Å². The summed E-state index contributed by atoms with van der Waals surface area (Å²) >= 11 is 0. The molecule has 0 spiro atoms. The van der Waals surface area contributed by atoms with Crippen LogP contribution in [0.5, 0.6) is 17.2 Å². The zero-order valence-electron chi connectivity index (χ0n) is 17.0. The van der Waals surface area contributed by atoms with Crippen LogP contribution in [0.3, 0.4) is 0 Å². The number of phenolic OH excluding ortho intramolecular Hbond substituents is 1. The fourth-order valence-electron chi connectivity index (χ4n) is 4.41. The minimum Gasteiger partial charge on any atom is -0.507 e. The van der Waals surface area contributed by atoms with E-state index < -0.39 is 0 Å². The molecule has 3 aromatic rings. The van der Waals surface area contributed by atoms with Gasteiger partial charge in [0.2, 0.25) is 5.43 Å². The van der Waals surface area contributed by atoms with Crippen molar-refractivity contribution < 1.29 is 19.0 Å². The summed E-state index contributed by atoms with van der Waals surface area (Å²) in [7, 11) is 0. The molecule has 0 unspecified atom stereocenters. The summed E-state index contributed by atoms with van der Waals surface area (Å²) in [6.07, 6.45) is 5.00. The fourth-order valence-corrected chi connectivity index (χ4v) is 4.41. The molecule has 0 radical (unpaired) electrons. The number of nitrogens with zero attached hydrogens (tertiary/aromatic N) is 1. The van der Waals surface area contributed by atoms with Gasteiger partial charge in [0.1, 0.15) is 30.8 Å². The van der Waals surface area contributed by atoms with Crippen molar-refractivity contribution in [3.05, 3.63) is 52.4 Å². The van der Waals surface area contributed by atoms with Gasteiger partial charge in [0.15, 0.2) is 11.5 Å². The van der Waals surface area contributed by atoms with E-state index in [1.165, 1.54) is 12.7 Å². The molecule has 0 aliphatic carbocycles. The Bertz CT molecular complexity index is 1150. The van der Waals surface area contributed by atoms with Crippen molar-refractivity contribution in [2.75, 3.05) is 19.8 Å². The topological polar surface area (TPSA) is 72.1 Å². The minimum atomic E-state index is -0.124. The van der Waals surface area contributed by atoms with Crippen molar-refractivity contribution in [2.24, 2.45) is 0 Å². The highest BCUT2D eigenvalue weighted by Gasteiger charge is 2.23. The standard InChI is InChI=1S/C24H25NO5/c1-15-4-2-3-9-25(15)13-18-20(26)7-6-17-23(27)19(14-30-24(17)18)16-5-8-21-22(12-16)29-11-10-28-21/h5-8,12,14-15,26H,2-4,9-11,13H2,1H3/t15-/m1/s1. The van der Waals surface area contributed by atoms with Crippen molar-refractivity contribution in [1.82, 2.24) is 4.90 Å². The van der Waals surface area contributed by atoms with E-state index in [0.29, 0.717) is 65.0 Å². The van der Waals surface area contributed by atoms with Crippen LogP contribution in [0.15, 0.2) is 45.8 Å². The van der Waals surface area contributed by atoms with Gasteiger partial charge in [-0.3, -0.25) is 9.69 Å². The van der Waals surface area contributed by atoms with Crippen molar-refractivity contribution in [2.45, 2.75) is 38.8 Å². The normalized spacial score (nSPS) is 19.2. The van der Waals surface area contributed by atoms with Crippen LogP contribution in [-0.2, 0) is 6.54 Å². The molecule has 1 saturated heterocycles. The summed E-state index contributed by atoms with van der Waals surface area (Å²) in [6, 6.07) is 9.13. The van der Waals surface area contributed by atoms with E-state index in [-0.39, 0.29) is 11.2 Å². The minimum absolute atomic E-state index is 0.124. The van der Waals surface area contributed by atoms with Crippen molar-refractivity contribution in [1.29, 1.82) is 0 Å². The zero-order chi connectivity index (χ0) is 20.7. The molecule has 1 N–H and O–H groups in total. The molecule has 1 atom stereocenters. The van der Waals surface area contributed by atoms with E-state index in [4.69, 9.17) is 13.9 Å². The molecule has 0 saturated carbocycles. The number of rotatable bonds is 3. The van der Waals surface area contributed by atoms with E-state index in [1.807, 2.05) is 18.2 Å². The molecular weight excluding hydrogens is 382 g/mol. The maximum absolute atomic E-state index is 13.3. The smallest absolute Gasteiger partial charge is 0.200 e. The van der Waals surface area contributed by atoms with Gasteiger partial charge >= 0.3 is 0 Å². The average molecular weight is 407 g/mol. The molecule has 30 heavy (non-hydrogen) atoms. The van der Waals surface area contributed by atoms with Crippen LogP contribution in [0.25, 0.3) is 22.1 Å². The fraction of sp³-hybridized carbons (Fsp3) is 0.375. The first-order valence-electron chi connectivity index (χ1n) is 10.5. The maximum atomic E-state index is 13.3. The van der Waals surface area contributed by atoms with Gasteiger partial charge in [-0.1, -0.05) is 12.5 Å². The average Bonchev–Trinajstić information content (AvgIpc) is 2.77. The number of hydrogen-bond acceptors (Lipinski definition) is 6. The van der Waals surface area contributed by atoms with Gasteiger partial charge in [0, 0.05) is 12.6 Å². The highest BCUT2D eigenvalue weighted by atomic mass is 16.6. The summed E-state index contributed by atoms with van der Waals surface area (Å²) in [5, 5.41) is 11.0. The van der Waals surface area contributed by atoms with Crippen LogP contribution in [0.4, 0.5) is 0 Å². The highest BCUT2D eigenvalue weighted by Crippen LogP contribution is 2.35. The number of ether oxygens (including phenoxy) is 2. The van der Waals surface area contributed by atoms with Gasteiger partial charge in [0.25, 0.3) is 0 Å². The predicted octanol–water partition coefficient (Wildman–Crippen LogP) is 4.31. The molecule has 6 nitrogen and oxygen atoms in total. The Kier molecular flexibility index (Phi) is 4.87. The Balaban J connectivity index is 1.57. The van der Waals surface area contributed by atoms with Gasteiger partial charge < -0.3 is 19.0 Å². The molecule has 2 aliphatic rings. The summed E-state index contributed by atoms with van der Waals surface area (Å²) < 4.78 is 17.2. The largest absolute Gasteiger partial charge is 0.507 e. The lowest BCUT2D eigenvalue weighted by molar-refractivity contribution is 0.151. The Morgan fingerprint density at radius 1 is 1.10 bits per heavy atom. The first-order chi connectivity index (χ1) is 14.6. The maximum Gasteiger partial charge on any atom is 0.200 e. The van der Waals surface area contributed by atoms with Gasteiger partial charge in [-0.15, -0.1) is 0 Å². The van der Waals surface area contributed by atoms with E-state index in [1.54, 1.807) is 12.1 Å². The number of piperidine rings is 1. The summed E-state index contributed by atoms with van der Waals surface area (Å²) in [5.41, 5.74) is 2.18. The van der Waals surface area contributed by atoms with Gasteiger partial charge in [-0.2, -0.15) is 0 Å². The second-order valence-electron chi connectivity index (χ2n) is 8.09. The lowest BCUT2D eigenvalue weighted by atomic mass is 10.0. The van der Waals surface area contributed by atoms with Gasteiger partial charge in [-0.05, 0) is 56.1 Å². The van der Waals surface area contributed by atoms with Crippen molar-refractivity contribution >= 4 is 11.0 Å². The van der Waals surface area contributed by atoms with Gasteiger partial charge in [-0.25, -0.2) is 0 Å². The highest BCUT2D eigenvalue weighted by molar-refractivity contribution is 5.86. The quantitative estimate of drug-likeness (QED) is 0.698. The van der Waals surface area contributed by atoms with Crippen LogP contribution in [0.1, 0.15) is 31.7 Å². The third-order valence-electron chi connectivity index (χ3n) is 6.17. The Hall–Kier alpha value is -2.99. The molecule has 0 bridgehead atoms. The lowest BCUT2D eigenvalue weighted by Gasteiger charge is -2.33. The van der Waals surface area contributed by atoms with Crippen LogP contribution >= 0.6 is 0 Å². The van der Waals surface area contributed by atoms with Crippen LogP contribution in [0.2, 0.25) is 0 Å². The first-order valence-corrected chi connectivity index (χ1v) is 10.5. The second kappa shape index (κ2) is 7.69. The molecule has 156 valence electrons. The third-order valence-corrected chi connectivity index (χ3v) is 6.17. The molecule has 5 rings (SSSR count). The van der Waals surface area contributed by atoms with Crippen LogP contribution in [0, 0.1) is 0 Å². The lowest BCUT2D eigenvalue weighted by Crippen LogP contribution is -2.36. The number of fused-ring (bicyclic) bond motifs is 2. The molecule has 3 heterocycles. The monoisotopic (exact) mass is 407 g/mol. The van der Waals surface area contributed by atoms with E-state index in [0.717, 1.165) is 19.4 Å². The number of phenols is 1. The number of likely N-dealkylation sites (tertiary alicyclic amines) is 1. The summed E-state index contributed by atoms with van der Waals surface area (Å²) in [4.78, 5) is 15.6. The predicted molar refractivity (Wildman–Crippen MR) is 114 cm³/mol.